The fraction of sp³-hybridized carbons (Fsp3) is 0.417. The number of aromatic nitrogens is 1. The molecular weight excluding hydrogens is 475 g/mol. The lowest BCUT2D eigenvalue weighted by Gasteiger charge is -2.32. The van der Waals surface area contributed by atoms with Crippen LogP contribution in [0, 0.1) is 17.1 Å². The lowest BCUT2D eigenvalue weighted by molar-refractivity contribution is 0.0695. The van der Waals surface area contributed by atoms with E-state index >= 15 is 0 Å². The molecule has 0 saturated heterocycles. The van der Waals surface area contributed by atoms with E-state index in [4.69, 9.17) is 5.26 Å². The average Bonchev–Trinajstić information content (AvgIpc) is 3.74. The van der Waals surface area contributed by atoms with Crippen molar-refractivity contribution in [2.24, 2.45) is 0 Å². The number of pyridine rings is 1. The fourth-order valence-corrected chi connectivity index (χ4v) is 7.05. The molecular formula is C24H23FN4O5S. The average molecular weight is 499 g/mol. The number of amides is 2. The SMILES string of the molecule is N#Cc1ccc(CNC(=O)c2ccc3n(c2=O)CCN(CC2(S(=O)(=O)C4CC4)CC2)C3=O)cc1F. The number of sulfone groups is 1. The summed E-state index contributed by atoms with van der Waals surface area (Å²) in [5.41, 5.74) is -0.338. The number of hydrogen-bond acceptors (Lipinski definition) is 6. The zero-order valence-corrected chi connectivity index (χ0v) is 19.6. The number of nitrogens with zero attached hydrogens (tertiary/aromatic N) is 3. The Balaban J connectivity index is 1.30. The quantitative estimate of drug-likeness (QED) is 0.614. The van der Waals surface area contributed by atoms with Crippen molar-refractivity contribution in [3.05, 3.63) is 68.9 Å². The van der Waals surface area contributed by atoms with Gasteiger partial charge in [0.2, 0.25) is 0 Å². The van der Waals surface area contributed by atoms with Crippen LogP contribution >= 0.6 is 0 Å². The first kappa shape index (κ1) is 23.2. The van der Waals surface area contributed by atoms with Crippen LogP contribution in [0.2, 0.25) is 0 Å². The van der Waals surface area contributed by atoms with Crippen molar-refractivity contribution in [1.82, 2.24) is 14.8 Å². The van der Waals surface area contributed by atoms with Gasteiger partial charge in [-0.3, -0.25) is 14.4 Å². The van der Waals surface area contributed by atoms with Crippen LogP contribution in [0.25, 0.3) is 0 Å². The van der Waals surface area contributed by atoms with E-state index in [0.717, 1.165) is 6.07 Å². The van der Waals surface area contributed by atoms with Gasteiger partial charge in [0.25, 0.3) is 17.4 Å². The van der Waals surface area contributed by atoms with Crippen molar-refractivity contribution < 1.29 is 22.4 Å². The number of nitriles is 1. The van der Waals surface area contributed by atoms with E-state index in [0.29, 0.717) is 31.2 Å². The zero-order chi connectivity index (χ0) is 25.0. The predicted molar refractivity (Wildman–Crippen MR) is 123 cm³/mol. The van der Waals surface area contributed by atoms with Gasteiger partial charge >= 0.3 is 0 Å². The molecule has 0 spiro atoms. The first-order valence-electron chi connectivity index (χ1n) is 11.4. The second-order valence-electron chi connectivity index (χ2n) is 9.35. The van der Waals surface area contributed by atoms with Crippen LogP contribution in [0.1, 0.15) is 57.7 Å². The first-order chi connectivity index (χ1) is 16.7. The molecule has 2 heterocycles. The molecule has 2 amide bonds. The predicted octanol–water partition coefficient (Wildman–Crippen LogP) is 1.35. The van der Waals surface area contributed by atoms with E-state index in [9.17, 15) is 27.2 Å². The van der Waals surface area contributed by atoms with Crippen LogP contribution < -0.4 is 10.9 Å². The molecule has 0 atom stereocenters. The van der Waals surface area contributed by atoms with Gasteiger partial charge in [-0.25, -0.2) is 12.8 Å². The highest BCUT2D eigenvalue weighted by Gasteiger charge is 2.60. The molecule has 1 aromatic heterocycles. The van der Waals surface area contributed by atoms with Gasteiger partial charge in [0.15, 0.2) is 9.84 Å². The van der Waals surface area contributed by atoms with E-state index in [1.165, 1.54) is 33.7 Å². The van der Waals surface area contributed by atoms with E-state index < -0.39 is 37.8 Å². The number of hydrogen-bond donors (Lipinski definition) is 1. The minimum atomic E-state index is -3.27. The summed E-state index contributed by atoms with van der Waals surface area (Å²) in [5, 5.41) is 11.1. The molecule has 2 aromatic rings. The summed E-state index contributed by atoms with van der Waals surface area (Å²) in [5.74, 6) is -1.79. The second kappa shape index (κ2) is 8.30. The highest BCUT2D eigenvalue weighted by molar-refractivity contribution is 7.94. The molecule has 1 N–H and O–H groups in total. The Bertz CT molecular complexity index is 1450. The zero-order valence-electron chi connectivity index (χ0n) is 18.8. The number of rotatable bonds is 7. The van der Waals surface area contributed by atoms with Crippen molar-refractivity contribution in [3.63, 3.8) is 0 Å². The van der Waals surface area contributed by atoms with E-state index in [2.05, 4.69) is 5.32 Å². The molecule has 0 unspecified atom stereocenters. The molecule has 2 saturated carbocycles. The summed E-state index contributed by atoms with van der Waals surface area (Å²) in [6.45, 7) is 0.417. The highest BCUT2D eigenvalue weighted by Crippen LogP contribution is 2.50. The summed E-state index contributed by atoms with van der Waals surface area (Å²) in [7, 11) is -3.27. The molecule has 0 radical (unpaired) electrons. The Kier molecular flexibility index (Phi) is 5.51. The lowest BCUT2D eigenvalue weighted by atomic mass is 10.1. The van der Waals surface area contributed by atoms with Gasteiger partial charge in [-0.2, -0.15) is 5.26 Å². The van der Waals surface area contributed by atoms with Gasteiger partial charge < -0.3 is 14.8 Å². The maximum Gasteiger partial charge on any atom is 0.270 e. The molecule has 182 valence electrons. The molecule has 11 heteroatoms. The largest absolute Gasteiger partial charge is 0.348 e. The fourth-order valence-electron chi connectivity index (χ4n) is 4.58. The molecule has 9 nitrogen and oxygen atoms in total. The van der Waals surface area contributed by atoms with Crippen molar-refractivity contribution in [1.29, 1.82) is 5.26 Å². The maximum atomic E-state index is 13.8. The van der Waals surface area contributed by atoms with Crippen LogP contribution in [-0.2, 0) is 22.9 Å². The Hall–Kier alpha value is -3.52. The van der Waals surface area contributed by atoms with E-state index in [1.807, 2.05) is 0 Å². The number of benzene rings is 1. The Labute approximate surface area is 201 Å². The standard InChI is InChI=1S/C24H23FN4O5S/c25-19-11-15(1-2-16(19)12-26)13-27-21(30)18-5-6-20-23(32)28(9-10-29(20)22(18)31)14-24(7-8-24)35(33,34)17-3-4-17/h1-2,5-6,11,17H,3-4,7-10,13-14H2,(H,27,30). The van der Waals surface area contributed by atoms with Crippen molar-refractivity contribution in [2.45, 2.75) is 48.8 Å². The van der Waals surface area contributed by atoms with E-state index in [-0.39, 0.29) is 48.2 Å². The van der Waals surface area contributed by atoms with Crippen molar-refractivity contribution >= 4 is 21.7 Å². The summed E-state index contributed by atoms with van der Waals surface area (Å²) in [6, 6.07) is 8.35. The summed E-state index contributed by atoms with van der Waals surface area (Å²) in [4.78, 5) is 40.1. The third kappa shape index (κ3) is 4.01. The van der Waals surface area contributed by atoms with Gasteiger partial charge in [0.1, 0.15) is 23.1 Å². The van der Waals surface area contributed by atoms with Crippen molar-refractivity contribution in [2.75, 3.05) is 13.1 Å². The summed E-state index contributed by atoms with van der Waals surface area (Å²) < 4.78 is 39.8. The minimum Gasteiger partial charge on any atom is -0.348 e. The number of fused-ring (bicyclic) bond motifs is 1. The van der Waals surface area contributed by atoms with Crippen LogP contribution in [0.5, 0.6) is 0 Å². The van der Waals surface area contributed by atoms with Gasteiger partial charge in [-0.05, 0) is 55.5 Å². The van der Waals surface area contributed by atoms with E-state index in [1.54, 1.807) is 6.07 Å². The third-order valence-corrected chi connectivity index (χ3v) is 10.1. The number of carbonyl (C=O) groups excluding carboxylic acids is 2. The maximum absolute atomic E-state index is 13.8. The molecule has 1 aliphatic heterocycles. The van der Waals surface area contributed by atoms with Gasteiger partial charge in [-0.1, -0.05) is 6.07 Å². The third-order valence-electron chi connectivity index (χ3n) is 6.98. The van der Waals surface area contributed by atoms with Crippen LogP contribution in [-0.4, -0.2) is 52.8 Å². The van der Waals surface area contributed by atoms with Crippen LogP contribution in [0.4, 0.5) is 4.39 Å². The van der Waals surface area contributed by atoms with Gasteiger partial charge in [-0.15, -0.1) is 0 Å². The Morgan fingerprint density at radius 1 is 1.17 bits per heavy atom. The summed E-state index contributed by atoms with van der Waals surface area (Å²) in [6.07, 6.45) is 2.46. The highest BCUT2D eigenvalue weighted by atomic mass is 32.2. The normalized spacial score (nSPS) is 18.5. The van der Waals surface area contributed by atoms with Crippen LogP contribution in [0.15, 0.2) is 35.1 Å². The topological polar surface area (TPSA) is 129 Å². The second-order valence-corrected chi connectivity index (χ2v) is 12.0. The molecule has 1 aromatic carbocycles. The van der Waals surface area contributed by atoms with Gasteiger partial charge in [0.05, 0.1) is 15.6 Å². The Morgan fingerprint density at radius 3 is 2.54 bits per heavy atom. The Morgan fingerprint density at radius 2 is 1.91 bits per heavy atom. The molecule has 5 rings (SSSR count). The van der Waals surface area contributed by atoms with Crippen LogP contribution in [0.3, 0.4) is 0 Å². The number of nitrogens with one attached hydrogen (secondary N) is 1. The molecule has 0 bridgehead atoms. The molecule has 2 fully saturated rings. The number of halogens is 1. The number of carbonyl (C=O) groups is 2. The molecule has 2 aliphatic carbocycles. The minimum absolute atomic E-state index is 0.0487. The monoisotopic (exact) mass is 498 g/mol. The smallest absolute Gasteiger partial charge is 0.270 e. The van der Waals surface area contributed by atoms with Gasteiger partial charge in [0, 0.05) is 26.2 Å². The summed E-state index contributed by atoms with van der Waals surface area (Å²) >= 11 is 0. The lowest BCUT2D eigenvalue weighted by Crippen LogP contribution is -2.50. The first-order valence-corrected chi connectivity index (χ1v) is 12.9. The van der Waals surface area contributed by atoms with Crippen molar-refractivity contribution in [3.8, 4) is 6.07 Å². The molecule has 35 heavy (non-hydrogen) atoms. The molecule has 3 aliphatic rings.